The second-order valence-corrected chi connectivity index (χ2v) is 6.21. The molecule has 0 aliphatic rings. The summed E-state index contributed by atoms with van der Waals surface area (Å²) in [7, 11) is 1.96. The lowest BCUT2D eigenvalue weighted by Gasteiger charge is -2.30. The van der Waals surface area contributed by atoms with Crippen molar-refractivity contribution < 1.29 is 4.74 Å². The minimum absolute atomic E-state index is 0.148. The number of rotatable bonds is 5. The first-order chi connectivity index (χ1) is 8.30. The van der Waals surface area contributed by atoms with Gasteiger partial charge < -0.3 is 10.1 Å². The number of hydrogen-bond donors (Lipinski definition) is 1. The van der Waals surface area contributed by atoms with Crippen molar-refractivity contribution in [3.63, 3.8) is 0 Å². The molecule has 0 saturated heterocycles. The Hall–Kier alpha value is -1.02. The van der Waals surface area contributed by atoms with Crippen molar-refractivity contribution >= 4 is 0 Å². The van der Waals surface area contributed by atoms with E-state index in [1.807, 2.05) is 13.1 Å². The third-order valence-corrected chi connectivity index (χ3v) is 3.36. The molecule has 1 unspecified atom stereocenters. The van der Waals surface area contributed by atoms with Crippen molar-refractivity contribution in [2.24, 2.45) is 0 Å². The largest absolute Gasteiger partial charge is 0.486 e. The summed E-state index contributed by atoms with van der Waals surface area (Å²) >= 11 is 0. The molecule has 0 aliphatic carbocycles. The zero-order valence-corrected chi connectivity index (χ0v) is 12.6. The van der Waals surface area contributed by atoms with E-state index in [0.29, 0.717) is 0 Å². The molecule has 18 heavy (non-hydrogen) atoms. The van der Waals surface area contributed by atoms with Crippen molar-refractivity contribution in [2.45, 2.75) is 52.1 Å². The monoisotopic (exact) mass is 249 g/mol. The van der Waals surface area contributed by atoms with Crippen LogP contribution in [0.25, 0.3) is 0 Å². The van der Waals surface area contributed by atoms with E-state index in [9.17, 15) is 0 Å². The molecule has 2 nitrogen and oxygen atoms in total. The molecule has 0 saturated carbocycles. The number of ether oxygens (including phenoxy) is 1. The van der Waals surface area contributed by atoms with E-state index >= 15 is 0 Å². The van der Waals surface area contributed by atoms with Gasteiger partial charge in [0.1, 0.15) is 11.4 Å². The molecule has 1 rings (SSSR count). The molecule has 1 aromatic rings. The third-order valence-electron chi connectivity index (χ3n) is 3.36. The number of likely N-dealkylation sites (N-methyl/N-ethyl adjacent to an activating group) is 1. The lowest BCUT2D eigenvalue weighted by atomic mass is 9.87. The van der Waals surface area contributed by atoms with Gasteiger partial charge in [-0.15, -0.1) is 0 Å². The minimum Gasteiger partial charge on any atom is -0.486 e. The molecule has 102 valence electrons. The zero-order valence-electron chi connectivity index (χ0n) is 12.6. The summed E-state index contributed by atoms with van der Waals surface area (Å²) in [5, 5.41) is 3.20. The summed E-state index contributed by atoms with van der Waals surface area (Å²) in [6.45, 7) is 11.8. The first kappa shape index (κ1) is 15.0. The fraction of sp³-hybridized carbons (Fsp3) is 0.625. The van der Waals surface area contributed by atoms with Gasteiger partial charge in [-0.3, -0.25) is 0 Å². The maximum Gasteiger partial charge on any atom is 0.120 e. The minimum atomic E-state index is -0.148. The standard InChI is InChI=1S/C16H27NO/c1-7-16(5,12-17-6)18-14-10-8-9-13(11-14)15(2,3)4/h8-11,17H,7,12H2,1-6H3. The number of benzene rings is 1. The molecule has 1 aromatic carbocycles. The second kappa shape index (κ2) is 5.75. The van der Waals surface area contributed by atoms with Crippen molar-refractivity contribution in [3.8, 4) is 5.75 Å². The topological polar surface area (TPSA) is 21.3 Å². The molecular formula is C16H27NO. The Balaban J connectivity index is 2.91. The van der Waals surface area contributed by atoms with Gasteiger partial charge in [-0.05, 0) is 43.5 Å². The maximum absolute atomic E-state index is 6.16. The van der Waals surface area contributed by atoms with Crippen LogP contribution in [0.3, 0.4) is 0 Å². The molecule has 0 heterocycles. The number of hydrogen-bond acceptors (Lipinski definition) is 2. The van der Waals surface area contributed by atoms with Crippen LogP contribution in [0.2, 0.25) is 0 Å². The summed E-state index contributed by atoms with van der Waals surface area (Å²) in [6, 6.07) is 8.43. The summed E-state index contributed by atoms with van der Waals surface area (Å²) in [6.07, 6.45) is 0.980. The molecule has 0 fully saturated rings. The molecule has 0 bridgehead atoms. The maximum atomic E-state index is 6.16. The van der Waals surface area contributed by atoms with E-state index in [2.05, 4.69) is 58.1 Å². The summed E-state index contributed by atoms with van der Waals surface area (Å²) in [4.78, 5) is 0. The highest BCUT2D eigenvalue weighted by atomic mass is 16.5. The van der Waals surface area contributed by atoms with E-state index in [1.54, 1.807) is 0 Å². The van der Waals surface area contributed by atoms with Crippen LogP contribution in [-0.4, -0.2) is 19.2 Å². The van der Waals surface area contributed by atoms with Crippen molar-refractivity contribution in [2.75, 3.05) is 13.6 Å². The Morgan fingerprint density at radius 2 is 1.83 bits per heavy atom. The molecule has 0 amide bonds. The Morgan fingerprint density at radius 3 is 2.33 bits per heavy atom. The molecule has 1 N–H and O–H groups in total. The summed E-state index contributed by atoms with van der Waals surface area (Å²) < 4.78 is 6.16. The second-order valence-electron chi connectivity index (χ2n) is 6.21. The average molecular weight is 249 g/mol. The van der Waals surface area contributed by atoms with Crippen molar-refractivity contribution in [3.05, 3.63) is 29.8 Å². The lowest BCUT2D eigenvalue weighted by molar-refractivity contribution is 0.0856. The van der Waals surface area contributed by atoms with Gasteiger partial charge in [0.05, 0.1) is 0 Å². The molecule has 0 aliphatic heterocycles. The van der Waals surface area contributed by atoms with Crippen LogP contribution in [0, 0.1) is 0 Å². The van der Waals surface area contributed by atoms with Crippen LogP contribution >= 0.6 is 0 Å². The van der Waals surface area contributed by atoms with Crippen LogP contribution in [0.1, 0.15) is 46.6 Å². The van der Waals surface area contributed by atoms with Gasteiger partial charge in [-0.25, -0.2) is 0 Å². The fourth-order valence-electron chi connectivity index (χ4n) is 1.92. The SMILES string of the molecule is CCC(C)(CNC)Oc1cccc(C(C)(C)C)c1. The van der Waals surface area contributed by atoms with E-state index in [-0.39, 0.29) is 11.0 Å². The van der Waals surface area contributed by atoms with Gasteiger partial charge >= 0.3 is 0 Å². The molecule has 0 radical (unpaired) electrons. The summed E-state index contributed by atoms with van der Waals surface area (Å²) in [5.74, 6) is 0.960. The van der Waals surface area contributed by atoms with Crippen LogP contribution in [0.15, 0.2) is 24.3 Å². The van der Waals surface area contributed by atoms with Gasteiger partial charge in [0.2, 0.25) is 0 Å². The van der Waals surface area contributed by atoms with Gasteiger partial charge in [0.25, 0.3) is 0 Å². The van der Waals surface area contributed by atoms with E-state index < -0.39 is 0 Å². The Bertz CT molecular complexity index is 381. The molecule has 1 atom stereocenters. The van der Waals surface area contributed by atoms with Crippen LogP contribution in [-0.2, 0) is 5.41 Å². The predicted octanol–water partition coefficient (Wildman–Crippen LogP) is 3.75. The van der Waals surface area contributed by atoms with Gasteiger partial charge in [-0.1, -0.05) is 39.8 Å². The van der Waals surface area contributed by atoms with Crippen molar-refractivity contribution in [1.29, 1.82) is 0 Å². The van der Waals surface area contributed by atoms with Gasteiger partial charge in [0.15, 0.2) is 0 Å². The highest BCUT2D eigenvalue weighted by Crippen LogP contribution is 2.28. The van der Waals surface area contributed by atoms with E-state index in [0.717, 1.165) is 18.7 Å². The smallest absolute Gasteiger partial charge is 0.120 e. The van der Waals surface area contributed by atoms with E-state index in [1.165, 1.54) is 5.56 Å². The zero-order chi connectivity index (χ0) is 13.8. The van der Waals surface area contributed by atoms with Gasteiger partial charge in [0, 0.05) is 6.54 Å². The normalized spacial score (nSPS) is 15.2. The Labute approximate surface area is 112 Å². The van der Waals surface area contributed by atoms with Crippen LogP contribution in [0.5, 0.6) is 5.75 Å². The highest BCUT2D eigenvalue weighted by molar-refractivity contribution is 5.33. The predicted molar refractivity (Wildman–Crippen MR) is 78.4 cm³/mol. The fourth-order valence-corrected chi connectivity index (χ4v) is 1.92. The Morgan fingerprint density at radius 1 is 1.17 bits per heavy atom. The molecule has 0 aromatic heterocycles. The molecule has 0 spiro atoms. The van der Waals surface area contributed by atoms with Gasteiger partial charge in [-0.2, -0.15) is 0 Å². The highest BCUT2D eigenvalue weighted by Gasteiger charge is 2.24. The van der Waals surface area contributed by atoms with Crippen molar-refractivity contribution in [1.82, 2.24) is 5.32 Å². The van der Waals surface area contributed by atoms with Crippen LogP contribution < -0.4 is 10.1 Å². The first-order valence-electron chi connectivity index (χ1n) is 6.75. The van der Waals surface area contributed by atoms with E-state index in [4.69, 9.17) is 4.74 Å². The summed E-state index contributed by atoms with van der Waals surface area (Å²) in [5.41, 5.74) is 1.32. The average Bonchev–Trinajstić information content (AvgIpc) is 2.28. The third kappa shape index (κ3) is 4.02. The first-order valence-corrected chi connectivity index (χ1v) is 6.75. The van der Waals surface area contributed by atoms with Crippen LogP contribution in [0.4, 0.5) is 0 Å². The lowest BCUT2D eigenvalue weighted by Crippen LogP contribution is -2.41. The number of nitrogens with one attached hydrogen (secondary N) is 1. The molecular weight excluding hydrogens is 222 g/mol. The molecule has 2 heteroatoms. The Kier molecular flexibility index (Phi) is 4.80. The quantitative estimate of drug-likeness (QED) is 0.858.